The molecule has 9 heteroatoms. The number of hydrogen-bond acceptors (Lipinski definition) is 4. The van der Waals surface area contributed by atoms with Crippen LogP contribution in [0.4, 0.5) is 5.69 Å². The van der Waals surface area contributed by atoms with Gasteiger partial charge in [-0.05, 0) is 56.4 Å². The normalized spacial score (nSPS) is 13.0. The zero-order valence-corrected chi connectivity index (χ0v) is 23.2. The van der Waals surface area contributed by atoms with Crippen molar-refractivity contribution < 1.29 is 18.0 Å². The Kier molecular flexibility index (Phi) is 11.7. The van der Waals surface area contributed by atoms with Crippen molar-refractivity contribution in [2.24, 2.45) is 0 Å². The van der Waals surface area contributed by atoms with E-state index in [1.54, 1.807) is 29.2 Å². The molecular formula is C27H38ClN3O4S. The van der Waals surface area contributed by atoms with Gasteiger partial charge in [0.25, 0.3) is 0 Å². The lowest BCUT2D eigenvalue weighted by Crippen LogP contribution is -2.51. The van der Waals surface area contributed by atoms with Gasteiger partial charge in [-0.25, -0.2) is 8.42 Å². The van der Waals surface area contributed by atoms with Crippen molar-refractivity contribution >= 4 is 39.1 Å². The van der Waals surface area contributed by atoms with E-state index >= 15 is 0 Å². The van der Waals surface area contributed by atoms with Gasteiger partial charge < -0.3 is 10.2 Å². The quantitative estimate of drug-likeness (QED) is 0.381. The number of nitrogens with one attached hydrogen (secondary N) is 1. The van der Waals surface area contributed by atoms with Gasteiger partial charge in [-0.15, -0.1) is 0 Å². The van der Waals surface area contributed by atoms with Gasteiger partial charge >= 0.3 is 0 Å². The summed E-state index contributed by atoms with van der Waals surface area (Å²) in [4.78, 5) is 28.1. The highest BCUT2D eigenvalue weighted by atomic mass is 35.5. The minimum absolute atomic E-state index is 0.0126. The van der Waals surface area contributed by atoms with Crippen LogP contribution in [0.3, 0.4) is 0 Å². The molecule has 198 valence electrons. The molecule has 0 fully saturated rings. The van der Waals surface area contributed by atoms with Crippen molar-refractivity contribution in [3.8, 4) is 0 Å². The summed E-state index contributed by atoms with van der Waals surface area (Å²) in [6.07, 6.45) is 3.47. The molecule has 2 amide bonds. The number of halogens is 1. The van der Waals surface area contributed by atoms with Crippen LogP contribution in [0.15, 0.2) is 54.6 Å². The number of nitrogens with zero attached hydrogens (tertiary/aromatic N) is 2. The molecule has 7 nitrogen and oxygen atoms in total. The van der Waals surface area contributed by atoms with E-state index in [9.17, 15) is 18.0 Å². The summed E-state index contributed by atoms with van der Waals surface area (Å²) in [6, 6.07) is 15.9. The molecule has 0 saturated carbocycles. The zero-order valence-electron chi connectivity index (χ0n) is 21.6. The first-order valence-electron chi connectivity index (χ1n) is 12.4. The molecular weight excluding hydrogens is 498 g/mol. The van der Waals surface area contributed by atoms with Crippen molar-refractivity contribution in [2.45, 2.75) is 65.0 Å². The van der Waals surface area contributed by atoms with E-state index in [1.165, 1.54) is 4.31 Å². The highest BCUT2D eigenvalue weighted by Gasteiger charge is 2.29. The van der Waals surface area contributed by atoms with Crippen LogP contribution in [0.1, 0.15) is 52.0 Å². The third kappa shape index (κ3) is 9.13. The lowest BCUT2D eigenvalue weighted by molar-refractivity contribution is -0.141. The highest BCUT2D eigenvalue weighted by molar-refractivity contribution is 7.92. The molecule has 2 aromatic rings. The van der Waals surface area contributed by atoms with Crippen LogP contribution in [-0.2, 0) is 26.0 Å². The van der Waals surface area contributed by atoms with Gasteiger partial charge in [0.2, 0.25) is 21.8 Å². The van der Waals surface area contributed by atoms with Crippen LogP contribution in [-0.4, -0.2) is 56.6 Å². The molecule has 2 atom stereocenters. The van der Waals surface area contributed by atoms with E-state index < -0.39 is 16.1 Å². The fourth-order valence-corrected chi connectivity index (χ4v) is 5.11. The van der Waals surface area contributed by atoms with E-state index in [2.05, 4.69) is 5.32 Å². The fourth-order valence-electron chi connectivity index (χ4n) is 3.97. The lowest BCUT2D eigenvalue weighted by atomic mass is 10.1. The Hall–Kier alpha value is -2.58. The van der Waals surface area contributed by atoms with Gasteiger partial charge in [0, 0.05) is 30.6 Å². The van der Waals surface area contributed by atoms with Gasteiger partial charge in [-0.2, -0.15) is 0 Å². The van der Waals surface area contributed by atoms with E-state index in [0.29, 0.717) is 36.5 Å². The minimum atomic E-state index is -3.56. The Morgan fingerprint density at radius 3 is 2.28 bits per heavy atom. The first-order valence-corrected chi connectivity index (χ1v) is 14.7. The van der Waals surface area contributed by atoms with Crippen molar-refractivity contribution in [3.63, 3.8) is 0 Å². The molecule has 1 N–H and O–H groups in total. The number of carbonyl (C=O) groups excluding carboxylic acids is 2. The Morgan fingerprint density at radius 1 is 1.00 bits per heavy atom. The van der Waals surface area contributed by atoms with Crippen LogP contribution < -0.4 is 9.62 Å². The van der Waals surface area contributed by atoms with Gasteiger partial charge in [0.1, 0.15) is 6.04 Å². The maximum atomic E-state index is 13.4. The molecule has 0 saturated heterocycles. The Bertz CT molecular complexity index is 1100. The van der Waals surface area contributed by atoms with Crippen molar-refractivity contribution in [3.05, 3.63) is 65.2 Å². The monoisotopic (exact) mass is 535 g/mol. The second-order valence-electron chi connectivity index (χ2n) is 8.98. The predicted octanol–water partition coefficient (Wildman–Crippen LogP) is 4.65. The number of amides is 2. The molecule has 0 aliphatic carbocycles. The van der Waals surface area contributed by atoms with Crippen molar-refractivity contribution in [1.82, 2.24) is 10.2 Å². The van der Waals surface area contributed by atoms with Gasteiger partial charge in [-0.1, -0.05) is 61.8 Å². The molecule has 0 aliphatic rings. The van der Waals surface area contributed by atoms with Crippen molar-refractivity contribution in [1.29, 1.82) is 0 Å². The third-order valence-corrected chi connectivity index (χ3v) is 7.55. The standard InChI is InChI=1S/C27H38ClN3O4S/c1-5-21(3)29-27(33)25(6-2)30(19-17-22-12-8-7-9-13-22)26(32)16-11-18-31(36(4,34)35)24-15-10-14-23(28)20-24/h7-10,12-15,20-21,25H,5-6,11,16-19H2,1-4H3,(H,29,33)/t21-,25-/m0/s1. The second-order valence-corrected chi connectivity index (χ2v) is 11.3. The maximum Gasteiger partial charge on any atom is 0.243 e. The second kappa shape index (κ2) is 14.2. The molecule has 2 rings (SSSR count). The summed E-state index contributed by atoms with van der Waals surface area (Å²) in [5, 5.41) is 3.44. The van der Waals surface area contributed by atoms with Crippen molar-refractivity contribution in [2.75, 3.05) is 23.7 Å². The largest absolute Gasteiger partial charge is 0.352 e. The van der Waals surface area contributed by atoms with Gasteiger partial charge in [-0.3, -0.25) is 13.9 Å². The predicted molar refractivity (Wildman–Crippen MR) is 147 cm³/mol. The SMILES string of the molecule is CC[C@H](C)NC(=O)[C@H](CC)N(CCc1ccccc1)C(=O)CCCN(c1cccc(Cl)c1)S(C)(=O)=O. The Labute approximate surface area is 220 Å². The molecule has 2 aromatic carbocycles. The summed E-state index contributed by atoms with van der Waals surface area (Å²) >= 11 is 6.06. The number of benzene rings is 2. The summed E-state index contributed by atoms with van der Waals surface area (Å²) < 4.78 is 26.1. The first-order chi connectivity index (χ1) is 17.1. The smallest absolute Gasteiger partial charge is 0.243 e. The molecule has 0 aromatic heterocycles. The van der Waals surface area contributed by atoms with Crippen LogP contribution >= 0.6 is 11.6 Å². The summed E-state index contributed by atoms with van der Waals surface area (Å²) in [7, 11) is -3.56. The van der Waals surface area contributed by atoms with Gasteiger partial charge in [0.05, 0.1) is 11.9 Å². The van der Waals surface area contributed by atoms with E-state index in [0.717, 1.165) is 18.2 Å². The van der Waals surface area contributed by atoms with Crippen LogP contribution in [0.2, 0.25) is 5.02 Å². The topological polar surface area (TPSA) is 86.8 Å². The fraction of sp³-hybridized carbons (Fsp3) is 0.481. The van der Waals surface area contributed by atoms with Crippen LogP contribution in [0, 0.1) is 0 Å². The zero-order chi connectivity index (χ0) is 26.7. The molecule has 36 heavy (non-hydrogen) atoms. The number of anilines is 1. The molecule has 0 bridgehead atoms. The summed E-state index contributed by atoms with van der Waals surface area (Å²) in [5.41, 5.74) is 1.54. The number of sulfonamides is 1. The number of carbonyl (C=O) groups is 2. The summed E-state index contributed by atoms with van der Waals surface area (Å²) in [5.74, 6) is -0.332. The number of rotatable bonds is 14. The maximum absolute atomic E-state index is 13.4. The minimum Gasteiger partial charge on any atom is -0.352 e. The van der Waals surface area contributed by atoms with Crippen LogP contribution in [0.5, 0.6) is 0 Å². The van der Waals surface area contributed by atoms with Gasteiger partial charge in [0.15, 0.2) is 0 Å². The Morgan fingerprint density at radius 2 is 1.69 bits per heavy atom. The molecule has 0 heterocycles. The average molecular weight is 536 g/mol. The highest BCUT2D eigenvalue weighted by Crippen LogP contribution is 2.22. The average Bonchev–Trinajstić information content (AvgIpc) is 2.83. The van der Waals surface area contributed by atoms with E-state index in [4.69, 9.17) is 11.6 Å². The number of hydrogen-bond donors (Lipinski definition) is 1. The lowest BCUT2D eigenvalue weighted by Gasteiger charge is -2.32. The molecule has 0 aliphatic heterocycles. The molecule has 0 unspecified atom stereocenters. The van der Waals surface area contributed by atoms with E-state index in [-0.39, 0.29) is 30.8 Å². The van der Waals surface area contributed by atoms with Crippen LogP contribution in [0.25, 0.3) is 0 Å². The first kappa shape index (κ1) is 29.6. The molecule has 0 spiro atoms. The molecule has 0 radical (unpaired) electrons. The Balaban J connectivity index is 2.16. The third-order valence-electron chi connectivity index (χ3n) is 6.12. The van der Waals surface area contributed by atoms with E-state index in [1.807, 2.05) is 51.1 Å². The summed E-state index contributed by atoms with van der Waals surface area (Å²) in [6.45, 7) is 6.37.